The lowest BCUT2D eigenvalue weighted by atomic mass is 9.97. The van der Waals surface area contributed by atoms with E-state index >= 15 is 0 Å². The summed E-state index contributed by atoms with van der Waals surface area (Å²) in [6.45, 7) is 9.89. The molecular formula is C10H22N2S. The number of thioether (sulfide) groups is 1. The lowest BCUT2D eigenvalue weighted by Gasteiger charge is -2.40. The monoisotopic (exact) mass is 202 g/mol. The maximum Gasteiger partial charge on any atom is 0.0311 e. The Bertz CT molecular complexity index is 157. The Balaban J connectivity index is 2.57. The van der Waals surface area contributed by atoms with Gasteiger partial charge in [0.2, 0.25) is 0 Å². The lowest BCUT2D eigenvalue weighted by molar-refractivity contribution is 0.416. The Morgan fingerprint density at radius 1 is 1.31 bits per heavy atom. The van der Waals surface area contributed by atoms with E-state index in [2.05, 4.69) is 37.8 Å². The van der Waals surface area contributed by atoms with Crippen molar-refractivity contribution in [3.63, 3.8) is 0 Å². The first-order chi connectivity index (χ1) is 5.97. The third kappa shape index (κ3) is 3.49. The molecule has 0 aromatic heterocycles. The molecular weight excluding hydrogens is 180 g/mol. The van der Waals surface area contributed by atoms with Crippen molar-refractivity contribution in [3.8, 4) is 0 Å². The van der Waals surface area contributed by atoms with Gasteiger partial charge in [-0.25, -0.2) is 0 Å². The summed E-state index contributed by atoms with van der Waals surface area (Å²) < 4.78 is 0.667. The van der Waals surface area contributed by atoms with Gasteiger partial charge in [0.1, 0.15) is 0 Å². The van der Waals surface area contributed by atoms with Crippen molar-refractivity contribution in [1.82, 2.24) is 5.32 Å². The van der Waals surface area contributed by atoms with Gasteiger partial charge >= 0.3 is 0 Å². The van der Waals surface area contributed by atoms with E-state index in [0.29, 0.717) is 9.49 Å². The number of rotatable bonds is 2. The van der Waals surface area contributed by atoms with Crippen LogP contribution in [0, 0.1) is 0 Å². The van der Waals surface area contributed by atoms with Crippen LogP contribution in [0.3, 0.4) is 0 Å². The van der Waals surface area contributed by atoms with Gasteiger partial charge in [-0.1, -0.05) is 20.8 Å². The van der Waals surface area contributed by atoms with E-state index in [1.54, 1.807) is 0 Å². The molecule has 1 fully saturated rings. The molecule has 0 saturated carbocycles. The fourth-order valence-electron chi connectivity index (χ4n) is 1.88. The van der Waals surface area contributed by atoms with Crippen molar-refractivity contribution >= 4 is 11.8 Å². The van der Waals surface area contributed by atoms with Crippen molar-refractivity contribution in [3.05, 3.63) is 0 Å². The molecule has 0 aromatic rings. The Morgan fingerprint density at radius 3 is 2.23 bits per heavy atom. The predicted molar refractivity (Wildman–Crippen MR) is 61.2 cm³/mol. The minimum atomic E-state index is 0.330. The summed E-state index contributed by atoms with van der Waals surface area (Å²) in [5, 5.41) is 3.39. The zero-order valence-corrected chi connectivity index (χ0v) is 9.84. The molecule has 0 aliphatic carbocycles. The van der Waals surface area contributed by atoms with Crippen LogP contribution in [0.1, 0.15) is 33.6 Å². The number of nitrogens with two attached hydrogens (primary N) is 1. The summed E-state index contributed by atoms with van der Waals surface area (Å²) in [5.41, 5.74) is 5.90. The molecule has 1 heterocycles. The van der Waals surface area contributed by atoms with E-state index in [0.717, 1.165) is 19.6 Å². The quantitative estimate of drug-likeness (QED) is 0.714. The molecule has 1 rings (SSSR count). The van der Waals surface area contributed by atoms with Crippen LogP contribution in [0.2, 0.25) is 0 Å². The van der Waals surface area contributed by atoms with Crippen molar-refractivity contribution in [2.75, 3.05) is 19.6 Å². The van der Waals surface area contributed by atoms with E-state index in [1.165, 1.54) is 12.8 Å². The summed E-state index contributed by atoms with van der Waals surface area (Å²) in [5.74, 6) is 0. The van der Waals surface area contributed by atoms with Gasteiger partial charge < -0.3 is 11.1 Å². The van der Waals surface area contributed by atoms with Crippen molar-refractivity contribution in [1.29, 1.82) is 0 Å². The molecule has 78 valence electrons. The summed E-state index contributed by atoms with van der Waals surface area (Å²) in [7, 11) is 0. The molecule has 1 aliphatic rings. The first-order valence-corrected chi connectivity index (χ1v) is 5.90. The van der Waals surface area contributed by atoms with Crippen LogP contribution in [0.4, 0.5) is 0 Å². The summed E-state index contributed by atoms with van der Waals surface area (Å²) in [4.78, 5) is 0. The summed E-state index contributed by atoms with van der Waals surface area (Å²) >= 11 is 2.06. The van der Waals surface area contributed by atoms with E-state index < -0.39 is 0 Å². The number of nitrogens with one attached hydrogen (secondary N) is 1. The van der Waals surface area contributed by atoms with Gasteiger partial charge in [0, 0.05) is 16.0 Å². The molecule has 0 spiro atoms. The maximum absolute atomic E-state index is 5.90. The maximum atomic E-state index is 5.90. The Morgan fingerprint density at radius 2 is 1.85 bits per heavy atom. The molecule has 2 nitrogen and oxygen atoms in total. The van der Waals surface area contributed by atoms with Crippen LogP contribution in [0.5, 0.6) is 0 Å². The molecule has 1 saturated heterocycles. The predicted octanol–water partition coefficient (Wildman–Crippen LogP) is 1.60. The zero-order chi connectivity index (χ0) is 9.95. The minimum Gasteiger partial charge on any atom is -0.329 e. The summed E-state index contributed by atoms with van der Waals surface area (Å²) in [6, 6.07) is 0. The Labute approximate surface area is 86.0 Å². The lowest BCUT2D eigenvalue weighted by Crippen LogP contribution is -2.46. The third-order valence-corrected chi connectivity index (χ3v) is 4.03. The summed E-state index contributed by atoms with van der Waals surface area (Å²) in [6.07, 6.45) is 2.43. The highest BCUT2D eigenvalue weighted by molar-refractivity contribution is 8.02. The van der Waals surface area contributed by atoms with E-state index in [1.807, 2.05) is 0 Å². The van der Waals surface area contributed by atoms with Gasteiger partial charge in [-0.05, 0) is 25.9 Å². The third-order valence-electron chi connectivity index (χ3n) is 2.41. The van der Waals surface area contributed by atoms with Crippen LogP contribution in [-0.4, -0.2) is 29.1 Å². The fraction of sp³-hybridized carbons (Fsp3) is 1.00. The molecule has 0 amide bonds. The fourth-order valence-corrected chi connectivity index (χ4v) is 3.67. The SMILES string of the molecule is CC(C)(C)SC1(CN)CCNCC1. The van der Waals surface area contributed by atoms with Crippen LogP contribution < -0.4 is 11.1 Å². The average Bonchev–Trinajstić information content (AvgIpc) is 2.03. The minimum absolute atomic E-state index is 0.330. The smallest absolute Gasteiger partial charge is 0.0311 e. The zero-order valence-electron chi connectivity index (χ0n) is 9.02. The molecule has 0 unspecified atom stereocenters. The normalized spacial score (nSPS) is 23.1. The largest absolute Gasteiger partial charge is 0.329 e. The Kier molecular flexibility index (Phi) is 3.66. The Hall–Kier alpha value is 0.270. The van der Waals surface area contributed by atoms with Gasteiger partial charge in [0.05, 0.1) is 0 Å². The number of hydrogen-bond donors (Lipinski definition) is 2. The van der Waals surface area contributed by atoms with E-state index in [-0.39, 0.29) is 0 Å². The van der Waals surface area contributed by atoms with Crippen LogP contribution in [0.25, 0.3) is 0 Å². The first-order valence-electron chi connectivity index (χ1n) is 5.08. The van der Waals surface area contributed by atoms with Crippen molar-refractivity contribution in [2.24, 2.45) is 5.73 Å². The molecule has 0 atom stereocenters. The van der Waals surface area contributed by atoms with Crippen molar-refractivity contribution < 1.29 is 0 Å². The highest BCUT2D eigenvalue weighted by Crippen LogP contribution is 2.41. The van der Waals surface area contributed by atoms with E-state index in [9.17, 15) is 0 Å². The van der Waals surface area contributed by atoms with Crippen molar-refractivity contribution in [2.45, 2.75) is 43.1 Å². The molecule has 3 N–H and O–H groups in total. The second kappa shape index (κ2) is 4.20. The second-order valence-electron chi connectivity index (χ2n) is 4.85. The van der Waals surface area contributed by atoms with Gasteiger partial charge in [-0.2, -0.15) is 0 Å². The van der Waals surface area contributed by atoms with Gasteiger partial charge in [-0.15, -0.1) is 11.8 Å². The first kappa shape index (κ1) is 11.3. The molecule has 0 radical (unpaired) electrons. The molecule has 0 aromatic carbocycles. The van der Waals surface area contributed by atoms with Crippen LogP contribution in [0.15, 0.2) is 0 Å². The van der Waals surface area contributed by atoms with Crippen LogP contribution in [-0.2, 0) is 0 Å². The molecule has 1 aliphatic heterocycles. The number of hydrogen-bond acceptors (Lipinski definition) is 3. The van der Waals surface area contributed by atoms with Gasteiger partial charge in [0.25, 0.3) is 0 Å². The van der Waals surface area contributed by atoms with Gasteiger partial charge in [-0.3, -0.25) is 0 Å². The highest BCUT2D eigenvalue weighted by Gasteiger charge is 2.35. The number of piperidine rings is 1. The van der Waals surface area contributed by atoms with Crippen LogP contribution >= 0.6 is 11.8 Å². The molecule has 0 bridgehead atoms. The van der Waals surface area contributed by atoms with E-state index in [4.69, 9.17) is 5.73 Å². The highest BCUT2D eigenvalue weighted by atomic mass is 32.2. The second-order valence-corrected chi connectivity index (χ2v) is 7.15. The topological polar surface area (TPSA) is 38.0 Å². The standard InChI is InChI=1S/C10H22N2S/c1-9(2,3)13-10(8-11)4-6-12-7-5-10/h12H,4-8,11H2,1-3H3. The molecule has 3 heteroatoms. The molecule has 13 heavy (non-hydrogen) atoms. The average molecular weight is 202 g/mol. The van der Waals surface area contributed by atoms with Gasteiger partial charge in [0.15, 0.2) is 0 Å².